The van der Waals surface area contributed by atoms with E-state index >= 15 is 0 Å². The Bertz CT molecular complexity index is 1460. The third-order valence-corrected chi connectivity index (χ3v) is 9.42. The molecule has 0 unspecified atom stereocenters. The summed E-state index contributed by atoms with van der Waals surface area (Å²) in [7, 11) is -3.71. The Morgan fingerprint density at radius 3 is 2.79 bits per heavy atom. The van der Waals surface area contributed by atoms with Gasteiger partial charge in [0, 0.05) is 41.7 Å². The van der Waals surface area contributed by atoms with Crippen LogP contribution in [0.15, 0.2) is 41.7 Å². The van der Waals surface area contributed by atoms with Crippen LogP contribution in [-0.4, -0.2) is 54.0 Å². The standard InChI is InChI=1S/C28H35N5O4S/c1-18(15-34)16-38(35,36)25-11-20(13-30-26(25)29)19-4-5-24-21(10-19)14-33(8-9-37-24)27-22-12-28(2,3)7-6-23(22)31-17-32-27/h4-5,10-11,13,17-18,34H,6-9,12,14-16H2,1-3H3,(H2,29,30)/t18-/m0/s1. The van der Waals surface area contributed by atoms with E-state index in [9.17, 15) is 13.5 Å². The molecule has 1 aromatic carbocycles. The molecule has 5 rings (SSSR count). The summed E-state index contributed by atoms with van der Waals surface area (Å²) in [5.74, 6) is 1.11. The number of sulfone groups is 1. The summed E-state index contributed by atoms with van der Waals surface area (Å²) in [4.78, 5) is 15.7. The van der Waals surface area contributed by atoms with Crippen molar-refractivity contribution in [1.82, 2.24) is 15.0 Å². The van der Waals surface area contributed by atoms with Gasteiger partial charge in [-0.15, -0.1) is 0 Å². The van der Waals surface area contributed by atoms with Gasteiger partial charge < -0.3 is 20.5 Å². The van der Waals surface area contributed by atoms with Gasteiger partial charge in [0.05, 0.1) is 12.3 Å². The first-order valence-electron chi connectivity index (χ1n) is 13.0. The molecule has 2 aliphatic rings. The molecular weight excluding hydrogens is 502 g/mol. The molecule has 10 heteroatoms. The van der Waals surface area contributed by atoms with Crippen LogP contribution in [-0.2, 0) is 29.2 Å². The van der Waals surface area contributed by atoms with Crippen LogP contribution in [0.4, 0.5) is 11.6 Å². The van der Waals surface area contributed by atoms with E-state index in [4.69, 9.17) is 15.5 Å². The second kappa shape index (κ2) is 10.1. The number of fused-ring (bicyclic) bond motifs is 2. The van der Waals surface area contributed by atoms with Crippen LogP contribution >= 0.6 is 0 Å². The minimum absolute atomic E-state index is 0.0154. The number of nitrogen functional groups attached to an aromatic ring is 1. The van der Waals surface area contributed by atoms with Crippen LogP contribution in [0.3, 0.4) is 0 Å². The van der Waals surface area contributed by atoms with Gasteiger partial charge in [0.15, 0.2) is 9.84 Å². The summed E-state index contributed by atoms with van der Waals surface area (Å²) in [6.07, 6.45) is 6.25. The van der Waals surface area contributed by atoms with E-state index < -0.39 is 15.8 Å². The number of nitrogens with two attached hydrogens (primary N) is 1. The fraction of sp³-hybridized carbons (Fsp3) is 0.464. The molecule has 0 saturated heterocycles. The molecular formula is C28H35N5O4S. The molecule has 1 aliphatic heterocycles. The number of rotatable bonds is 6. The Morgan fingerprint density at radius 2 is 2.00 bits per heavy atom. The highest BCUT2D eigenvalue weighted by atomic mass is 32.2. The predicted molar refractivity (Wildman–Crippen MR) is 147 cm³/mol. The van der Waals surface area contributed by atoms with Crippen LogP contribution < -0.4 is 15.4 Å². The monoisotopic (exact) mass is 537 g/mol. The SMILES string of the molecule is C[C@@H](CO)CS(=O)(=O)c1cc(-c2ccc3c(c2)CN(c2ncnc4c2CC(C)(C)CC4)CCO3)cnc1N. The van der Waals surface area contributed by atoms with E-state index in [1.54, 1.807) is 25.5 Å². The number of aryl methyl sites for hydroxylation is 1. The van der Waals surface area contributed by atoms with Gasteiger partial charge in [-0.3, -0.25) is 0 Å². The Morgan fingerprint density at radius 1 is 1.18 bits per heavy atom. The lowest BCUT2D eigenvalue weighted by Crippen LogP contribution is -2.31. The van der Waals surface area contributed by atoms with Crippen molar-refractivity contribution in [2.24, 2.45) is 11.3 Å². The third-order valence-electron chi connectivity index (χ3n) is 7.41. The van der Waals surface area contributed by atoms with Crippen molar-refractivity contribution in [3.8, 4) is 16.9 Å². The van der Waals surface area contributed by atoms with Gasteiger partial charge in [-0.25, -0.2) is 23.4 Å². The van der Waals surface area contributed by atoms with Gasteiger partial charge in [-0.05, 0) is 54.4 Å². The highest BCUT2D eigenvalue weighted by Crippen LogP contribution is 2.39. The molecule has 9 nitrogen and oxygen atoms in total. The molecule has 1 aliphatic carbocycles. The van der Waals surface area contributed by atoms with E-state index in [0.29, 0.717) is 25.3 Å². The second-order valence-electron chi connectivity index (χ2n) is 11.2. The normalized spacial score (nSPS) is 17.6. The fourth-order valence-corrected chi connectivity index (χ4v) is 6.98. The average Bonchev–Trinajstić information content (AvgIpc) is 3.09. The van der Waals surface area contributed by atoms with Gasteiger partial charge in [0.25, 0.3) is 0 Å². The maximum Gasteiger partial charge on any atom is 0.182 e. The van der Waals surface area contributed by atoms with Crippen molar-refractivity contribution >= 4 is 21.5 Å². The number of anilines is 2. The summed E-state index contributed by atoms with van der Waals surface area (Å²) in [5.41, 5.74) is 11.0. The first-order chi connectivity index (χ1) is 18.1. The van der Waals surface area contributed by atoms with Crippen molar-refractivity contribution in [1.29, 1.82) is 0 Å². The Balaban J connectivity index is 1.48. The number of aromatic nitrogens is 3. The number of aliphatic hydroxyl groups is 1. The molecule has 0 fully saturated rings. The zero-order chi connectivity index (χ0) is 27.1. The lowest BCUT2D eigenvalue weighted by Gasteiger charge is -2.33. The number of benzene rings is 1. The molecule has 38 heavy (non-hydrogen) atoms. The highest BCUT2D eigenvalue weighted by Gasteiger charge is 2.31. The zero-order valence-electron chi connectivity index (χ0n) is 22.1. The van der Waals surface area contributed by atoms with Crippen LogP contribution in [0, 0.1) is 11.3 Å². The van der Waals surface area contributed by atoms with E-state index in [-0.39, 0.29) is 28.5 Å². The maximum atomic E-state index is 13.0. The summed E-state index contributed by atoms with van der Waals surface area (Å²) >= 11 is 0. The van der Waals surface area contributed by atoms with E-state index in [0.717, 1.165) is 47.7 Å². The minimum atomic E-state index is -3.71. The third kappa shape index (κ3) is 5.33. The second-order valence-corrected chi connectivity index (χ2v) is 13.2. The van der Waals surface area contributed by atoms with Crippen LogP contribution in [0.1, 0.15) is 44.0 Å². The average molecular weight is 538 g/mol. The van der Waals surface area contributed by atoms with Crippen molar-refractivity contribution < 1.29 is 18.3 Å². The summed E-state index contributed by atoms with van der Waals surface area (Å²) in [5, 5.41) is 9.34. The van der Waals surface area contributed by atoms with Crippen molar-refractivity contribution in [2.45, 2.75) is 51.5 Å². The van der Waals surface area contributed by atoms with E-state index in [2.05, 4.69) is 28.7 Å². The first-order valence-corrected chi connectivity index (χ1v) is 14.6. The highest BCUT2D eigenvalue weighted by molar-refractivity contribution is 7.91. The smallest absolute Gasteiger partial charge is 0.182 e. The zero-order valence-corrected chi connectivity index (χ0v) is 23.0. The topological polar surface area (TPSA) is 132 Å². The van der Waals surface area contributed by atoms with Crippen LogP contribution in [0.2, 0.25) is 0 Å². The molecule has 3 N–H and O–H groups in total. The van der Waals surface area contributed by atoms with Gasteiger partial charge in [-0.1, -0.05) is 26.8 Å². The molecule has 0 spiro atoms. The summed E-state index contributed by atoms with van der Waals surface area (Å²) in [6.45, 7) is 7.87. The van der Waals surface area contributed by atoms with Crippen LogP contribution in [0.5, 0.6) is 5.75 Å². The van der Waals surface area contributed by atoms with E-state index in [1.165, 1.54) is 5.56 Å². The number of pyridine rings is 1. The van der Waals surface area contributed by atoms with Gasteiger partial charge in [-0.2, -0.15) is 0 Å². The quantitative estimate of drug-likeness (QED) is 0.485. The molecule has 0 radical (unpaired) electrons. The molecule has 2 aromatic heterocycles. The van der Waals surface area contributed by atoms with Crippen LogP contribution in [0.25, 0.3) is 11.1 Å². The number of ether oxygens (including phenoxy) is 1. The minimum Gasteiger partial charge on any atom is -0.491 e. The molecule has 0 saturated carbocycles. The van der Waals surface area contributed by atoms with Gasteiger partial charge in [0.2, 0.25) is 0 Å². The van der Waals surface area contributed by atoms with Crippen molar-refractivity contribution in [2.75, 3.05) is 36.1 Å². The fourth-order valence-electron chi connectivity index (χ4n) is 5.26. The molecule has 0 bridgehead atoms. The number of nitrogens with zero attached hydrogens (tertiary/aromatic N) is 4. The maximum absolute atomic E-state index is 13.0. The Labute approximate surface area is 224 Å². The summed E-state index contributed by atoms with van der Waals surface area (Å²) in [6, 6.07) is 7.42. The van der Waals surface area contributed by atoms with Crippen molar-refractivity contribution in [3.05, 3.63) is 53.6 Å². The molecule has 3 aromatic rings. The molecule has 0 amide bonds. The Hall–Kier alpha value is -3.24. The predicted octanol–water partition coefficient (Wildman–Crippen LogP) is 3.44. The number of hydrogen-bond acceptors (Lipinski definition) is 9. The molecule has 3 heterocycles. The number of hydrogen-bond donors (Lipinski definition) is 2. The van der Waals surface area contributed by atoms with Gasteiger partial charge >= 0.3 is 0 Å². The van der Waals surface area contributed by atoms with E-state index in [1.807, 2.05) is 18.2 Å². The summed E-state index contributed by atoms with van der Waals surface area (Å²) < 4.78 is 32.0. The molecule has 202 valence electrons. The number of aliphatic hydroxyl groups excluding tert-OH is 1. The largest absolute Gasteiger partial charge is 0.491 e. The Kier molecular flexibility index (Phi) is 7.04. The first kappa shape index (κ1) is 26.4. The molecule has 1 atom stereocenters. The van der Waals surface area contributed by atoms with Gasteiger partial charge in [0.1, 0.15) is 35.2 Å². The lowest BCUT2D eigenvalue weighted by molar-refractivity contribution is 0.249. The lowest BCUT2D eigenvalue weighted by atomic mass is 9.76. The van der Waals surface area contributed by atoms with Crippen molar-refractivity contribution in [3.63, 3.8) is 0 Å².